The van der Waals surface area contributed by atoms with E-state index < -0.39 is 16.1 Å². The first kappa shape index (κ1) is 19.9. The van der Waals surface area contributed by atoms with Crippen LogP contribution in [0, 0.1) is 13.8 Å². The average Bonchev–Trinajstić information content (AvgIpc) is 2.64. The highest BCUT2D eigenvalue weighted by molar-refractivity contribution is 7.92. The highest BCUT2D eigenvalue weighted by Gasteiger charge is 2.30. The van der Waals surface area contributed by atoms with E-state index in [0.717, 1.165) is 28.2 Å². The summed E-state index contributed by atoms with van der Waals surface area (Å²) in [6.45, 7) is 5.33. The summed E-state index contributed by atoms with van der Waals surface area (Å²) in [4.78, 5) is 13.0. The van der Waals surface area contributed by atoms with Gasteiger partial charge in [0.15, 0.2) is 0 Å². The molecule has 0 radical (unpaired) electrons. The van der Waals surface area contributed by atoms with E-state index in [4.69, 9.17) is 0 Å². The third-order valence-electron chi connectivity index (χ3n) is 4.74. The molecule has 0 aliphatic carbocycles. The Bertz CT molecular complexity index is 1130. The Labute approximate surface area is 166 Å². The predicted octanol–water partition coefficient (Wildman–Crippen LogP) is 4.25. The van der Waals surface area contributed by atoms with Crippen LogP contribution in [0.5, 0.6) is 0 Å². The van der Waals surface area contributed by atoms with Crippen LogP contribution in [0.4, 0.5) is 11.4 Å². The fraction of sp³-hybridized carbons (Fsp3) is 0.227. The molecule has 0 aromatic heterocycles. The number of anilines is 2. The van der Waals surface area contributed by atoms with Crippen LogP contribution in [0.3, 0.4) is 0 Å². The van der Waals surface area contributed by atoms with Gasteiger partial charge in [-0.05, 0) is 49.4 Å². The maximum Gasteiger partial charge on any atom is 0.248 e. The van der Waals surface area contributed by atoms with E-state index in [1.54, 1.807) is 13.0 Å². The molecule has 0 aliphatic rings. The molecule has 0 saturated carbocycles. The number of aryl methyl sites for hydroxylation is 2. The zero-order valence-electron chi connectivity index (χ0n) is 16.4. The predicted molar refractivity (Wildman–Crippen MR) is 115 cm³/mol. The Hall–Kier alpha value is -2.86. The van der Waals surface area contributed by atoms with Crippen LogP contribution in [0.15, 0.2) is 60.7 Å². The van der Waals surface area contributed by atoms with Gasteiger partial charge in [-0.2, -0.15) is 0 Å². The molecule has 0 saturated heterocycles. The highest BCUT2D eigenvalue weighted by atomic mass is 32.2. The SMILES string of the molecule is Cc1ccc(C)c(N([C@H](C)C(=O)Nc2cccc3ccccc23)S(C)(=O)=O)c1. The van der Waals surface area contributed by atoms with E-state index in [0.29, 0.717) is 11.4 Å². The van der Waals surface area contributed by atoms with E-state index in [-0.39, 0.29) is 5.91 Å². The Morgan fingerprint density at radius 1 is 1.00 bits per heavy atom. The molecule has 1 amide bonds. The normalized spacial score (nSPS) is 12.6. The molecule has 0 aliphatic heterocycles. The van der Waals surface area contributed by atoms with Crippen LogP contribution in [0.2, 0.25) is 0 Å². The third kappa shape index (κ3) is 4.02. The number of nitrogens with zero attached hydrogens (tertiary/aromatic N) is 1. The summed E-state index contributed by atoms with van der Waals surface area (Å²) in [7, 11) is -3.66. The number of hydrogen-bond donors (Lipinski definition) is 1. The molecule has 0 bridgehead atoms. The first-order chi connectivity index (χ1) is 13.2. The second kappa shape index (κ2) is 7.64. The Balaban J connectivity index is 1.98. The molecule has 3 aromatic carbocycles. The zero-order chi connectivity index (χ0) is 20.5. The molecule has 1 N–H and O–H groups in total. The number of fused-ring (bicyclic) bond motifs is 1. The first-order valence-electron chi connectivity index (χ1n) is 9.04. The summed E-state index contributed by atoms with van der Waals surface area (Å²) < 4.78 is 26.3. The lowest BCUT2D eigenvalue weighted by Gasteiger charge is -2.30. The highest BCUT2D eigenvalue weighted by Crippen LogP contribution is 2.28. The van der Waals surface area contributed by atoms with Gasteiger partial charge in [-0.25, -0.2) is 8.42 Å². The summed E-state index contributed by atoms with van der Waals surface area (Å²) in [5, 5.41) is 4.80. The van der Waals surface area contributed by atoms with Gasteiger partial charge in [-0.3, -0.25) is 9.10 Å². The molecule has 0 unspecified atom stereocenters. The molecule has 146 valence electrons. The summed E-state index contributed by atoms with van der Waals surface area (Å²) in [5.74, 6) is -0.386. The van der Waals surface area contributed by atoms with Crippen LogP contribution in [-0.4, -0.2) is 26.6 Å². The molecule has 6 heteroatoms. The van der Waals surface area contributed by atoms with Gasteiger partial charge in [0.2, 0.25) is 15.9 Å². The number of benzene rings is 3. The summed E-state index contributed by atoms with van der Waals surface area (Å²) in [5.41, 5.74) is 2.89. The summed E-state index contributed by atoms with van der Waals surface area (Å²) >= 11 is 0. The standard InChI is InChI=1S/C22H24N2O3S/c1-15-12-13-16(2)21(14-15)24(28(4,26)27)17(3)22(25)23-20-11-7-9-18-8-5-6-10-19(18)20/h5-14,17H,1-4H3,(H,23,25)/t17-/m1/s1. The van der Waals surface area contributed by atoms with E-state index in [1.807, 2.05) is 68.4 Å². The lowest BCUT2D eigenvalue weighted by atomic mass is 10.1. The van der Waals surface area contributed by atoms with Crippen molar-refractivity contribution in [2.24, 2.45) is 0 Å². The van der Waals surface area contributed by atoms with Crippen molar-refractivity contribution in [2.75, 3.05) is 15.9 Å². The van der Waals surface area contributed by atoms with Gasteiger partial charge in [0.05, 0.1) is 11.9 Å². The van der Waals surface area contributed by atoms with Crippen LogP contribution in [-0.2, 0) is 14.8 Å². The largest absolute Gasteiger partial charge is 0.324 e. The average molecular weight is 397 g/mol. The molecular weight excluding hydrogens is 372 g/mol. The lowest BCUT2D eigenvalue weighted by Crippen LogP contribution is -2.45. The molecular formula is C22H24N2O3S. The van der Waals surface area contributed by atoms with Crippen molar-refractivity contribution in [2.45, 2.75) is 26.8 Å². The quantitative estimate of drug-likeness (QED) is 0.701. The molecule has 3 aromatic rings. The van der Waals surface area contributed by atoms with Crippen molar-refractivity contribution in [1.82, 2.24) is 0 Å². The number of amides is 1. The maximum atomic E-state index is 13.0. The summed E-state index contributed by atoms with van der Waals surface area (Å²) in [6.07, 6.45) is 1.12. The van der Waals surface area contributed by atoms with E-state index in [9.17, 15) is 13.2 Å². The zero-order valence-corrected chi connectivity index (χ0v) is 17.2. The van der Waals surface area contributed by atoms with Gasteiger partial charge in [0, 0.05) is 11.1 Å². The van der Waals surface area contributed by atoms with E-state index >= 15 is 0 Å². The number of rotatable bonds is 5. The number of hydrogen-bond acceptors (Lipinski definition) is 3. The Morgan fingerprint density at radius 2 is 1.68 bits per heavy atom. The smallest absolute Gasteiger partial charge is 0.248 e. The minimum Gasteiger partial charge on any atom is -0.324 e. The van der Waals surface area contributed by atoms with Gasteiger partial charge < -0.3 is 5.32 Å². The first-order valence-corrected chi connectivity index (χ1v) is 10.9. The van der Waals surface area contributed by atoms with Crippen LogP contribution >= 0.6 is 0 Å². The van der Waals surface area contributed by atoms with E-state index in [1.165, 1.54) is 4.31 Å². The van der Waals surface area contributed by atoms with Gasteiger partial charge in [-0.1, -0.05) is 48.5 Å². The fourth-order valence-electron chi connectivity index (χ4n) is 3.31. The lowest BCUT2D eigenvalue weighted by molar-refractivity contribution is -0.116. The number of carbonyl (C=O) groups is 1. The number of nitrogens with one attached hydrogen (secondary N) is 1. The van der Waals surface area contributed by atoms with Crippen molar-refractivity contribution < 1.29 is 13.2 Å². The Kier molecular flexibility index (Phi) is 5.42. The van der Waals surface area contributed by atoms with Crippen LogP contribution < -0.4 is 9.62 Å². The molecule has 5 nitrogen and oxygen atoms in total. The van der Waals surface area contributed by atoms with Crippen molar-refractivity contribution in [3.05, 3.63) is 71.8 Å². The molecule has 0 heterocycles. The van der Waals surface area contributed by atoms with Crippen molar-refractivity contribution in [1.29, 1.82) is 0 Å². The molecule has 0 fully saturated rings. The Morgan fingerprint density at radius 3 is 2.39 bits per heavy atom. The van der Waals surface area contributed by atoms with E-state index in [2.05, 4.69) is 5.32 Å². The third-order valence-corrected chi connectivity index (χ3v) is 5.97. The minimum absolute atomic E-state index is 0.386. The van der Waals surface area contributed by atoms with Crippen molar-refractivity contribution in [3.8, 4) is 0 Å². The second-order valence-electron chi connectivity index (χ2n) is 7.04. The second-order valence-corrected chi connectivity index (χ2v) is 8.90. The van der Waals surface area contributed by atoms with Crippen LogP contribution in [0.25, 0.3) is 10.8 Å². The maximum absolute atomic E-state index is 13.0. The monoisotopic (exact) mass is 396 g/mol. The van der Waals surface area contributed by atoms with Gasteiger partial charge in [-0.15, -0.1) is 0 Å². The summed E-state index contributed by atoms with van der Waals surface area (Å²) in [6, 6.07) is 18.0. The topological polar surface area (TPSA) is 66.5 Å². The molecule has 28 heavy (non-hydrogen) atoms. The molecule has 3 rings (SSSR count). The number of carbonyl (C=O) groups excluding carboxylic acids is 1. The van der Waals surface area contributed by atoms with Crippen molar-refractivity contribution in [3.63, 3.8) is 0 Å². The van der Waals surface area contributed by atoms with Crippen LogP contribution in [0.1, 0.15) is 18.1 Å². The van der Waals surface area contributed by atoms with Gasteiger partial charge >= 0.3 is 0 Å². The molecule has 0 spiro atoms. The van der Waals surface area contributed by atoms with Gasteiger partial charge in [0.25, 0.3) is 0 Å². The number of sulfonamides is 1. The minimum atomic E-state index is -3.66. The van der Waals surface area contributed by atoms with Gasteiger partial charge in [0.1, 0.15) is 6.04 Å². The molecule has 1 atom stereocenters. The fourth-order valence-corrected chi connectivity index (χ4v) is 4.53. The van der Waals surface area contributed by atoms with Crippen molar-refractivity contribution >= 4 is 38.1 Å².